The summed E-state index contributed by atoms with van der Waals surface area (Å²) < 4.78 is 0. The van der Waals surface area contributed by atoms with Crippen molar-refractivity contribution in [2.75, 3.05) is 13.2 Å². The van der Waals surface area contributed by atoms with Gasteiger partial charge in [-0.25, -0.2) is 0 Å². The van der Waals surface area contributed by atoms with Gasteiger partial charge in [0, 0.05) is 13.2 Å². The molecule has 0 aliphatic rings. The lowest BCUT2D eigenvalue weighted by Crippen LogP contribution is -2.43. The average molecular weight is 193 g/mol. The maximum atomic E-state index is 9.82. The second-order valence-electron chi connectivity index (χ2n) is 2.66. The third-order valence-corrected chi connectivity index (χ3v) is 1.62. The molecule has 6 nitrogen and oxygen atoms in total. The normalized spacial score (nSPS) is 17.5. The molecule has 5 N–H and O–H groups in total. The van der Waals surface area contributed by atoms with Crippen LogP contribution in [0.4, 0.5) is 0 Å². The highest BCUT2D eigenvalue weighted by Crippen LogP contribution is 2.02. The molecule has 0 heterocycles. The Labute approximate surface area is 75.8 Å². The van der Waals surface area contributed by atoms with Crippen LogP contribution in [-0.4, -0.2) is 58.3 Å². The van der Waals surface area contributed by atoms with Gasteiger partial charge in [0.05, 0.1) is 12.2 Å². The lowest BCUT2D eigenvalue weighted by Gasteiger charge is -2.21. The Bertz CT molecular complexity index is 143. The van der Waals surface area contributed by atoms with Crippen molar-refractivity contribution in [2.45, 2.75) is 24.7 Å². The highest BCUT2D eigenvalue weighted by Gasteiger charge is 2.23. The number of hydrogen-bond acceptors (Lipinski definition) is 5. The van der Waals surface area contributed by atoms with Gasteiger partial charge in [0.15, 0.2) is 0 Å². The fourth-order valence-electron chi connectivity index (χ4n) is 0.849. The van der Waals surface area contributed by atoms with E-state index in [0.717, 1.165) is 0 Å². The van der Waals surface area contributed by atoms with Crippen LogP contribution in [-0.2, 0) is 4.79 Å². The fourth-order valence-corrected chi connectivity index (χ4v) is 0.849. The van der Waals surface area contributed by atoms with E-state index in [1.54, 1.807) is 0 Å². The molecule has 13 heavy (non-hydrogen) atoms. The van der Waals surface area contributed by atoms with Crippen molar-refractivity contribution in [3.8, 4) is 0 Å². The van der Waals surface area contributed by atoms with E-state index in [9.17, 15) is 9.90 Å². The van der Waals surface area contributed by atoms with Crippen LogP contribution in [0.5, 0.6) is 0 Å². The molecule has 0 aromatic heterocycles. The maximum Gasteiger partial charge on any atom is 0.207 e. The van der Waals surface area contributed by atoms with E-state index in [-0.39, 0.29) is 19.6 Å². The quantitative estimate of drug-likeness (QED) is 0.280. The predicted molar refractivity (Wildman–Crippen MR) is 43.8 cm³/mol. The molecule has 0 radical (unpaired) electrons. The Morgan fingerprint density at radius 2 is 1.85 bits per heavy atom. The van der Waals surface area contributed by atoms with Crippen LogP contribution in [0.1, 0.15) is 6.42 Å². The molecule has 0 fully saturated rings. The Hall–Kier alpha value is -0.690. The molecular formula is C7H15NO5. The summed E-state index contributed by atoms with van der Waals surface area (Å²) in [6.07, 6.45) is -3.41. The Kier molecular flexibility index (Phi) is 6.43. The number of amides is 1. The second-order valence-corrected chi connectivity index (χ2v) is 2.66. The molecule has 0 aromatic rings. The van der Waals surface area contributed by atoms with Gasteiger partial charge in [-0.1, -0.05) is 0 Å². The molecule has 0 aromatic carbocycles. The van der Waals surface area contributed by atoms with Crippen LogP contribution in [0.15, 0.2) is 0 Å². The lowest BCUT2D eigenvalue weighted by molar-refractivity contribution is -0.111. The van der Waals surface area contributed by atoms with Crippen molar-refractivity contribution in [2.24, 2.45) is 0 Å². The number of nitrogens with one attached hydrogen (secondary N) is 1. The molecule has 78 valence electrons. The topological polar surface area (TPSA) is 110 Å². The number of carbonyl (C=O) groups is 1. The molecule has 0 spiro atoms. The number of aliphatic hydroxyl groups excluding tert-OH is 4. The summed E-state index contributed by atoms with van der Waals surface area (Å²) in [5, 5.41) is 38.0. The van der Waals surface area contributed by atoms with Crippen LogP contribution < -0.4 is 5.32 Å². The number of hydrogen-bond donors (Lipinski definition) is 5. The van der Waals surface area contributed by atoms with Gasteiger partial charge in [-0.05, 0) is 6.42 Å². The second kappa shape index (κ2) is 6.79. The zero-order valence-electron chi connectivity index (χ0n) is 7.13. The number of rotatable bonds is 7. The summed E-state index contributed by atoms with van der Waals surface area (Å²) in [6, 6.07) is 0. The van der Waals surface area contributed by atoms with Gasteiger partial charge in [0.1, 0.15) is 6.10 Å². The smallest absolute Gasteiger partial charge is 0.207 e. The average Bonchev–Trinajstić information content (AvgIpc) is 2.13. The lowest BCUT2D eigenvalue weighted by atomic mass is 10.1. The van der Waals surface area contributed by atoms with E-state index < -0.39 is 18.3 Å². The van der Waals surface area contributed by atoms with Crippen LogP contribution in [0.25, 0.3) is 0 Å². The minimum atomic E-state index is -1.36. The van der Waals surface area contributed by atoms with Crippen LogP contribution >= 0.6 is 0 Å². The third-order valence-electron chi connectivity index (χ3n) is 1.62. The Morgan fingerprint density at radius 3 is 2.31 bits per heavy atom. The Balaban J connectivity index is 3.78. The van der Waals surface area contributed by atoms with E-state index >= 15 is 0 Å². The van der Waals surface area contributed by atoms with Gasteiger partial charge in [0.2, 0.25) is 6.41 Å². The summed E-state index contributed by atoms with van der Waals surface area (Å²) >= 11 is 0. The highest BCUT2D eigenvalue weighted by atomic mass is 16.4. The van der Waals surface area contributed by atoms with Crippen LogP contribution in [0.2, 0.25) is 0 Å². The Morgan fingerprint density at radius 1 is 1.23 bits per heavy atom. The molecular weight excluding hydrogens is 178 g/mol. The van der Waals surface area contributed by atoms with Crippen molar-refractivity contribution in [3.05, 3.63) is 0 Å². The monoisotopic (exact) mass is 193 g/mol. The van der Waals surface area contributed by atoms with Gasteiger partial charge in [0.25, 0.3) is 0 Å². The van der Waals surface area contributed by atoms with E-state index in [2.05, 4.69) is 5.32 Å². The maximum absolute atomic E-state index is 9.82. The summed E-state index contributed by atoms with van der Waals surface area (Å²) in [7, 11) is 0. The predicted octanol–water partition coefficient (Wildman–Crippen LogP) is -2.80. The molecule has 1 amide bonds. The van der Waals surface area contributed by atoms with Crippen molar-refractivity contribution >= 4 is 6.41 Å². The van der Waals surface area contributed by atoms with Gasteiger partial charge >= 0.3 is 0 Å². The summed E-state index contributed by atoms with van der Waals surface area (Å²) in [6.45, 7) is -0.404. The van der Waals surface area contributed by atoms with Crippen molar-refractivity contribution in [1.29, 1.82) is 0 Å². The first-order valence-corrected chi connectivity index (χ1v) is 3.95. The minimum Gasteiger partial charge on any atom is -0.396 e. The molecule has 0 rings (SSSR count). The fraction of sp³-hybridized carbons (Fsp3) is 0.857. The molecule has 6 heteroatoms. The van der Waals surface area contributed by atoms with Gasteiger partial charge < -0.3 is 25.7 Å². The van der Waals surface area contributed by atoms with E-state index in [0.29, 0.717) is 6.41 Å². The summed E-state index contributed by atoms with van der Waals surface area (Å²) in [4.78, 5) is 9.82. The summed E-state index contributed by atoms with van der Waals surface area (Å²) in [5.41, 5.74) is 0. The van der Waals surface area contributed by atoms with Crippen molar-refractivity contribution in [3.63, 3.8) is 0 Å². The molecule has 0 unspecified atom stereocenters. The van der Waals surface area contributed by atoms with Crippen LogP contribution in [0.3, 0.4) is 0 Å². The van der Waals surface area contributed by atoms with E-state index in [1.165, 1.54) is 0 Å². The largest absolute Gasteiger partial charge is 0.396 e. The highest BCUT2D eigenvalue weighted by molar-refractivity contribution is 5.45. The zero-order valence-corrected chi connectivity index (χ0v) is 7.13. The zero-order chi connectivity index (χ0) is 10.3. The molecule has 0 aliphatic heterocycles. The molecule has 3 atom stereocenters. The van der Waals surface area contributed by atoms with Crippen molar-refractivity contribution < 1.29 is 25.2 Å². The third kappa shape index (κ3) is 4.79. The standard InChI is InChI=1S/C7H15NO5/c9-2-1-5(11)7(13)6(12)3-8-4-10/h4-7,9,11-13H,1-3H2,(H,8,10)/t5-,6+,7+/m0/s1. The SMILES string of the molecule is O=CNC[C@@H](O)[C@H](O)[C@@H](O)CCO. The van der Waals surface area contributed by atoms with Crippen LogP contribution in [0, 0.1) is 0 Å². The van der Waals surface area contributed by atoms with Gasteiger partial charge in [-0.3, -0.25) is 4.79 Å². The molecule has 0 aliphatic carbocycles. The first-order chi connectivity index (χ1) is 6.13. The van der Waals surface area contributed by atoms with Gasteiger partial charge in [-0.2, -0.15) is 0 Å². The summed E-state index contributed by atoms with van der Waals surface area (Å²) in [5.74, 6) is 0. The van der Waals surface area contributed by atoms with Gasteiger partial charge in [-0.15, -0.1) is 0 Å². The molecule has 0 bridgehead atoms. The first kappa shape index (κ1) is 12.3. The van der Waals surface area contributed by atoms with E-state index in [1.807, 2.05) is 0 Å². The van der Waals surface area contributed by atoms with E-state index in [4.69, 9.17) is 15.3 Å². The first-order valence-electron chi connectivity index (χ1n) is 3.95. The number of aliphatic hydroxyl groups is 4. The minimum absolute atomic E-state index is 0.0146. The molecule has 0 saturated heterocycles. The molecule has 0 saturated carbocycles. The van der Waals surface area contributed by atoms with Crippen molar-refractivity contribution in [1.82, 2.24) is 5.32 Å². The number of carbonyl (C=O) groups excluding carboxylic acids is 1.